The molecular weight excluding hydrogens is 440 g/mol. The van der Waals surface area contributed by atoms with Crippen LogP contribution in [0.1, 0.15) is 80.2 Å². The highest BCUT2D eigenvalue weighted by Crippen LogP contribution is 2.47. The van der Waals surface area contributed by atoms with Gasteiger partial charge in [-0.3, -0.25) is 9.69 Å². The van der Waals surface area contributed by atoms with Gasteiger partial charge in [-0.2, -0.15) is 0 Å². The van der Waals surface area contributed by atoms with Gasteiger partial charge in [0.2, 0.25) is 12.3 Å². The molecule has 1 aromatic heterocycles. The number of hydrogen-bond donors (Lipinski definition) is 0. The fourth-order valence-electron chi connectivity index (χ4n) is 4.58. The number of hydrogen-bond acceptors (Lipinski definition) is 7. The van der Waals surface area contributed by atoms with Crippen molar-refractivity contribution in [3.63, 3.8) is 0 Å². The van der Waals surface area contributed by atoms with Crippen LogP contribution < -0.4 is 0 Å². The normalized spacial score (nSPS) is 25.9. The molecule has 0 bridgehead atoms. The molecule has 0 aromatic carbocycles. The van der Waals surface area contributed by atoms with Gasteiger partial charge in [-0.15, -0.1) is 10.2 Å². The second kappa shape index (κ2) is 8.37. The first-order chi connectivity index (χ1) is 15.0. The molecule has 33 heavy (non-hydrogen) atoms. The summed E-state index contributed by atoms with van der Waals surface area (Å²) in [6.45, 7) is 20.7. The number of likely N-dealkylation sites (tertiary alicyclic amines) is 2. The van der Waals surface area contributed by atoms with Gasteiger partial charge in [-0.1, -0.05) is 20.8 Å². The summed E-state index contributed by atoms with van der Waals surface area (Å²) in [5.41, 5.74) is -1.53. The van der Waals surface area contributed by atoms with E-state index in [2.05, 4.69) is 44.1 Å². The molecule has 0 saturated carbocycles. The maximum absolute atomic E-state index is 13.8. The molecule has 0 radical (unpaired) electrons. The molecule has 1 aromatic rings. The molecule has 2 saturated heterocycles. The molecule has 2 aliphatic rings. The lowest BCUT2D eigenvalue weighted by molar-refractivity contribution is -0.171. The molecule has 0 N–H and O–H groups in total. The molecule has 2 aliphatic heterocycles. The molecule has 2 fully saturated rings. The summed E-state index contributed by atoms with van der Waals surface area (Å²) in [4.78, 5) is 30.2. The molecule has 4 unspecified atom stereocenters. The van der Waals surface area contributed by atoms with Crippen LogP contribution in [-0.2, 0) is 14.0 Å². The zero-order valence-corrected chi connectivity index (χ0v) is 22.8. The van der Waals surface area contributed by atoms with Gasteiger partial charge in [0, 0.05) is 6.04 Å². The third-order valence-electron chi connectivity index (χ3n) is 7.26. The van der Waals surface area contributed by atoms with E-state index in [1.807, 2.05) is 34.6 Å². The third-order valence-corrected chi connectivity index (χ3v) is 11.8. The Hall–Kier alpha value is -1.94. The first kappa shape index (κ1) is 25.7. The molecule has 1 spiro atoms. The topological polar surface area (TPSA) is 98.0 Å². The molecule has 10 heteroatoms. The van der Waals surface area contributed by atoms with Crippen molar-refractivity contribution in [2.75, 3.05) is 6.54 Å². The molecule has 3 heterocycles. The van der Waals surface area contributed by atoms with Crippen molar-refractivity contribution in [2.45, 2.75) is 116 Å². The van der Waals surface area contributed by atoms with Crippen LogP contribution >= 0.6 is 0 Å². The zero-order valence-electron chi connectivity index (χ0n) is 21.8. The van der Waals surface area contributed by atoms with Crippen molar-refractivity contribution in [3.05, 3.63) is 12.3 Å². The highest BCUT2D eigenvalue weighted by Gasteiger charge is 2.64. The van der Waals surface area contributed by atoms with Crippen LogP contribution in [0.3, 0.4) is 0 Å². The van der Waals surface area contributed by atoms with Crippen molar-refractivity contribution in [2.24, 2.45) is 0 Å². The summed E-state index contributed by atoms with van der Waals surface area (Å²) in [6.07, 6.45) is 1.84. The monoisotopic (exact) mass is 480 g/mol. The molecule has 186 valence electrons. The number of carbonyl (C=O) groups excluding carboxylic acids is 2. The Balaban J connectivity index is 1.87. The maximum Gasteiger partial charge on any atom is 0.411 e. The minimum absolute atomic E-state index is 0.00916. The van der Waals surface area contributed by atoms with Crippen LogP contribution in [0.4, 0.5) is 4.79 Å². The minimum Gasteiger partial charge on any atom is -0.444 e. The summed E-state index contributed by atoms with van der Waals surface area (Å²) in [6, 6.07) is -0.593. The van der Waals surface area contributed by atoms with Crippen molar-refractivity contribution < 1.29 is 23.2 Å². The van der Waals surface area contributed by atoms with Gasteiger partial charge >= 0.3 is 6.09 Å². The highest BCUT2D eigenvalue weighted by atomic mass is 28.4. The predicted molar refractivity (Wildman–Crippen MR) is 126 cm³/mol. The first-order valence-corrected chi connectivity index (χ1v) is 14.7. The predicted octanol–water partition coefficient (Wildman–Crippen LogP) is 4.52. The van der Waals surface area contributed by atoms with E-state index in [4.69, 9.17) is 13.6 Å². The van der Waals surface area contributed by atoms with Crippen LogP contribution in [0.2, 0.25) is 18.1 Å². The average Bonchev–Trinajstić information content (AvgIpc) is 3.27. The number of rotatable bonds is 5. The Morgan fingerprint density at radius 3 is 2.39 bits per heavy atom. The lowest BCUT2D eigenvalue weighted by Gasteiger charge is -2.54. The van der Waals surface area contributed by atoms with Gasteiger partial charge in [-0.25, -0.2) is 4.79 Å². The second-order valence-electron chi connectivity index (χ2n) is 12.0. The fraction of sp³-hybridized carbons (Fsp3) is 0.826. The van der Waals surface area contributed by atoms with Gasteiger partial charge in [0.15, 0.2) is 8.32 Å². The van der Waals surface area contributed by atoms with Crippen LogP contribution in [0.25, 0.3) is 0 Å². The van der Waals surface area contributed by atoms with Crippen LogP contribution in [0.5, 0.6) is 0 Å². The highest BCUT2D eigenvalue weighted by molar-refractivity contribution is 6.74. The number of ether oxygens (including phenoxy) is 1. The lowest BCUT2D eigenvalue weighted by Crippen LogP contribution is -2.75. The van der Waals surface area contributed by atoms with Gasteiger partial charge in [0.1, 0.15) is 17.2 Å². The summed E-state index contributed by atoms with van der Waals surface area (Å²) in [7, 11) is -2.12. The van der Waals surface area contributed by atoms with Gasteiger partial charge in [0.05, 0.1) is 12.6 Å². The van der Waals surface area contributed by atoms with Crippen LogP contribution in [0, 0.1) is 0 Å². The number of nitrogens with zero attached hydrogens (tertiary/aromatic N) is 4. The van der Waals surface area contributed by atoms with E-state index >= 15 is 0 Å². The maximum atomic E-state index is 13.8. The van der Waals surface area contributed by atoms with E-state index in [0.717, 1.165) is 6.42 Å². The summed E-state index contributed by atoms with van der Waals surface area (Å²) in [5.74, 6) is 0.228. The van der Waals surface area contributed by atoms with Gasteiger partial charge in [-0.05, 0) is 65.6 Å². The van der Waals surface area contributed by atoms with E-state index in [0.29, 0.717) is 18.9 Å². The Morgan fingerprint density at radius 1 is 1.27 bits per heavy atom. The van der Waals surface area contributed by atoms with E-state index < -0.39 is 31.6 Å². The number of amides is 2. The molecule has 4 atom stereocenters. The zero-order chi connectivity index (χ0) is 25.0. The van der Waals surface area contributed by atoms with Crippen molar-refractivity contribution in [1.82, 2.24) is 20.0 Å². The fourth-order valence-corrected chi connectivity index (χ4v) is 5.99. The van der Waals surface area contributed by atoms with Crippen molar-refractivity contribution >= 4 is 20.3 Å². The van der Waals surface area contributed by atoms with E-state index in [-0.39, 0.29) is 23.1 Å². The van der Waals surface area contributed by atoms with Crippen molar-refractivity contribution in [3.8, 4) is 0 Å². The number of aromatic nitrogens is 2. The molecular formula is C23H40N4O5Si. The smallest absolute Gasteiger partial charge is 0.411 e. The second-order valence-corrected chi connectivity index (χ2v) is 16.8. The summed E-state index contributed by atoms with van der Waals surface area (Å²) >= 11 is 0. The molecule has 3 rings (SSSR count). The first-order valence-electron chi connectivity index (χ1n) is 11.8. The standard InChI is InChI=1S/C23H40N4O5Si/c1-15-11-12-23(27(15)20(29)31-21(3,4)5)13-26(19(23)28)17(18-25-24-14-30-18)16(2)32-33(9,10)22(6,7)8/h14-17H,11-13H2,1-10H3. The summed E-state index contributed by atoms with van der Waals surface area (Å²) < 4.78 is 17.8. The molecule has 9 nitrogen and oxygen atoms in total. The SMILES string of the molecule is CC(O[Si](C)(C)C(C)(C)C)C(c1nnco1)N1CC2(CCC(C)N2C(=O)OC(C)(C)C)C1=O. The Labute approximate surface area is 198 Å². The van der Waals surface area contributed by atoms with E-state index in [9.17, 15) is 9.59 Å². The van der Waals surface area contributed by atoms with Crippen LogP contribution in [0.15, 0.2) is 10.8 Å². The molecule has 2 amide bonds. The van der Waals surface area contributed by atoms with Crippen molar-refractivity contribution in [1.29, 1.82) is 0 Å². The Morgan fingerprint density at radius 2 is 1.91 bits per heavy atom. The largest absolute Gasteiger partial charge is 0.444 e. The van der Waals surface area contributed by atoms with Gasteiger partial charge < -0.3 is 18.5 Å². The van der Waals surface area contributed by atoms with E-state index in [1.165, 1.54) is 6.39 Å². The van der Waals surface area contributed by atoms with Crippen LogP contribution in [-0.4, -0.2) is 70.1 Å². The minimum atomic E-state index is -2.12. The Bertz CT molecular complexity index is 876. The average molecular weight is 481 g/mol. The van der Waals surface area contributed by atoms with Gasteiger partial charge in [0.25, 0.3) is 5.91 Å². The Kier molecular flexibility index (Phi) is 6.51. The molecule has 0 aliphatic carbocycles. The number of β-lactam (4-membered cyclic amide) rings is 1. The quantitative estimate of drug-likeness (QED) is 0.451. The lowest BCUT2D eigenvalue weighted by atomic mass is 9.83. The summed E-state index contributed by atoms with van der Waals surface area (Å²) in [5, 5.41) is 7.97. The van der Waals surface area contributed by atoms with E-state index in [1.54, 1.807) is 9.80 Å². The number of carbonyl (C=O) groups is 2. The third kappa shape index (κ3) is 4.69.